The first-order chi connectivity index (χ1) is 9.84. The van der Waals surface area contributed by atoms with Gasteiger partial charge in [-0.2, -0.15) is 0 Å². The minimum atomic E-state index is -0.678. The monoisotopic (exact) mass is 265 g/mol. The fourth-order valence-corrected chi connectivity index (χ4v) is 2.20. The van der Waals surface area contributed by atoms with Gasteiger partial charge >= 0.3 is 0 Å². The Bertz CT molecular complexity index is 692. The third-order valence-corrected chi connectivity index (χ3v) is 3.19. The van der Waals surface area contributed by atoms with Crippen molar-refractivity contribution in [2.75, 3.05) is 6.61 Å². The second-order valence-electron chi connectivity index (χ2n) is 4.56. The molecule has 1 heterocycles. The van der Waals surface area contributed by atoms with E-state index in [0.717, 1.165) is 22.2 Å². The summed E-state index contributed by atoms with van der Waals surface area (Å²) < 4.78 is 5.60. The van der Waals surface area contributed by atoms with Gasteiger partial charge in [0.05, 0.1) is 5.52 Å². The molecule has 0 spiro atoms. The number of aromatic nitrogens is 1. The lowest BCUT2D eigenvalue weighted by Gasteiger charge is -2.14. The average molecular weight is 265 g/mol. The molecule has 1 unspecified atom stereocenters. The number of pyridine rings is 1. The Hall–Kier alpha value is -2.39. The van der Waals surface area contributed by atoms with E-state index in [9.17, 15) is 5.11 Å². The van der Waals surface area contributed by atoms with Crippen molar-refractivity contribution in [3.63, 3.8) is 0 Å². The third-order valence-electron chi connectivity index (χ3n) is 3.19. The molecule has 100 valence electrons. The lowest BCUT2D eigenvalue weighted by Crippen LogP contribution is -2.10. The van der Waals surface area contributed by atoms with Crippen LogP contribution in [0.5, 0.6) is 5.75 Å². The fourth-order valence-electron chi connectivity index (χ4n) is 2.20. The summed E-state index contributed by atoms with van der Waals surface area (Å²) >= 11 is 0. The summed E-state index contributed by atoms with van der Waals surface area (Å²) in [5, 5.41) is 11.3. The van der Waals surface area contributed by atoms with Crippen LogP contribution in [0, 0.1) is 0 Å². The van der Waals surface area contributed by atoms with Gasteiger partial charge in [-0.3, -0.25) is 4.98 Å². The molecule has 0 fully saturated rings. The van der Waals surface area contributed by atoms with E-state index < -0.39 is 6.10 Å². The van der Waals surface area contributed by atoms with Crippen molar-refractivity contribution >= 4 is 10.9 Å². The maximum absolute atomic E-state index is 10.3. The number of aliphatic hydroxyl groups is 1. The largest absolute Gasteiger partial charge is 0.491 e. The fraction of sp³-hybridized carbons (Fsp3) is 0.118. The van der Waals surface area contributed by atoms with Crippen molar-refractivity contribution in [1.29, 1.82) is 0 Å². The molecule has 3 rings (SSSR count). The number of aliphatic hydroxyl groups excluding tert-OH is 1. The van der Waals surface area contributed by atoms with E-state index in [0.29, 0.717) is 0 Å². The van der Waals surface area contributed by atoms with Gasteiger partial charge < -0.3 is 9.84 Å². The Morgan fingerprint density at radius 3 is 2.65 bits per heavy atom. The lowest BCUT2D eigenvalue weighted by atomic mass is 10.0. The zero-order chi connectivity index (χ0) is 13.8. The van der Waals surface area contributed by atoms with Gasteiger partial charge in [-0.05, 0) is 29.8 Å². The number of fused-ring (bicyclic) bond motifs is 1. The van der Waals surface area contributed by atoms with E-state index in [4.69, 9.17) is 4.74 Å². The summed E-state index contributed by atoms with van der Waals surface area (Å²) in [6, 6.07) is 19.1. The quantitative estimate of drug-likeness (QED) is 0.786. The molecule has 3 aromatic rings. The summed E-state index contributed by atoms with van der Waals surface area (Å²) in [5.41, 5.74) is 1.72. The van der Waals surface area contributed by atoms with Crippen LogP contribution >= 0.6 is 0 Å². The molecule has 0 radical (unpaired) electrons. The predicted octanol–water partition coefficient (Wildman–Crippen LogP) is 3.35. The molecule has 0 aliphatic heterocycles. The number of rotatable bonds is 4. The first-order valence-electron chi connectivity index (χ1n) is 6.54. The maximum Gasteiger partial charge on any atom is 0.119 e. The molecular formula is C17H15NO2. The van der Waals surface area contributed by atoms with Gasteiger partial charge in [-0.1, -0.05) is 36.4 Å². The van der Waals surface area contributed by atoms with Crippen molar-refractivity contribution < 1.29 is 9.84 Å². The maximum atomic E-state index is 10.3. The number of hydrogen-bond acceptors (Lipinski definition) is 3. The second kappa shape index (κ2) is 5.72. The van der Waals surface area contributed by atoms with Gasteiger partial charge in [-0.25, -0.2) is 0 Å². The van der Waals surface area contributed by atoms with E-state index in [1.54, 1.807) is 6.20 Å². The molecule has 0 bridgehead atoms. The van der Waals surface area contributed by atoms with Crippen LogP contribution in [-0.2, 0) is 0 Å². The second-order valence-corrected chi connectivity index (χ2v) is 4.56. The Labute approximate surface area is 117 Å². The highest BCUT2D eigenvalue weighted by atomic mass is 16.5. The minimum Gasteiger partial charge on any atom is -0.491 e. The van der Waals surface area contributed by atoms with Gasteiger partial charge in [0, 0.05) is 11.6 Å². The third kappa shape index (κ3) is 2.63. The highest BCUT2D eigenvalue weighted by Gasteiger charge is 2.12. The standard InChI is InChI=1S/C17H15NO2/c19-17(12-20-13-6-2-1-3-7-13)15-8-4-10-16-14(15)9-5-11-18-16/h1-11,17,19H,12H2. The Kier molecular flexibility index (Phi) is 3.61. The van der Waals surface area contributed by atoms with Crippen LogP contribution < -0.4 is 4.74 Å². The molecule has 0 saturated heterocycles. The molecular weight excluding hydrogens is 250 g/mol. The van der Waals surface area contributed by atoms with E-state index in [2.05, 4.69) is 4.98 Å². The van der Waals surface area contributed by atoms with Crippen molar-refractivity contribution in [3.05, 3.63) is 72.4 Å². The van der Waals surface area contributed by atoms with Gasteiger partial charge in [0.15, 0.2) is 0 Å². The summed E-state index contributed by atoms with van der Waals surface area (Å²) in [6.45, 7) is 0.220. The zero-order valence-corrected chi connectivity index (χ0v) is 10.9. The number of nitrogens with zero attached hydrogens (tertiary/aromatic N) is 1. The van der Waals surface area contributed by atoms with Crippen LogP contribution in [0.25, 0.3) is 10.9 Å². The van der Waals surface area contributed by atoms with Crippen LogP contribution in [0.3, 0.4) is 0 Å². The van der Waals surface area contributed by atoms with Crippen LogP contribution in [0.15, 0.2) is 66.9 Å². The molecule has 0 amide bonds. The van der Waals surface area contributed by atoms with Crippen molar-refractivity contribution in [3.8, 4) is 5.75 Å². The van der Waals surface area contributed by atoms with Crippen molar-refractivity contribution in [1.82, 2.24) is 4.98 Å². The van der Waals surface area contributed by atoms with Crippen LogP contribution in [0.2, 0.25) is 0 Å². The van der Waals surface area contributed by atoms with E-state index in [-0.39, 0.29) is 6.61 Å². The molecule has 1 atom stereocenters. The average Bonchev–Trinajstić information content (AvgIpc) is 2.53. The molecule has 3 heteroatoms. The Morgan fingerprint density at radius 1 is 0.950 bits per heavy atom. The Balaban J connectivity index is 1.80. The van der Waals surface area contributed by atoms with E-state index in [1.807, 2.05) is 60.7 Å². The smallest absolute Gasteiger partial charge is 0.119 e. The van der Waals surface area contributed by atoms with Crippen molar-refractivity contribution in [2.45, 2.75) is 6.10 Å². The van der Waals surface area contributed by atoms with Gasteiger partial charge in [0.25, 0.3) is 0 Å². The summed E-state index contributed by atoms with van der Waals surface area (Å²) in [7, 11) is 0. The number of ether oxygens (including phenoxy) is 1. The molecule has 20 heavy (non-hydrogen) atoms. The lowest BCUT2D eigenvalue weighted by molar-refractivity contribution is 0.109. The number of para-hydroxylation sites is 1. The summed E-state index contributed by atoms with van der Waals surface area (Å²) in [5.74, 6) is 0.755. The Morgan fingerprint density at radius 2 is 1.80 bits per heavy atom. The zero-order valence-electron chi connectivity index (χ0n) is 10.9. The summed E-state index contributed by atoms with van der Waals surface area (Å²) in [4.78, 5) is 4.29. The first-order valence-corrected chi connectivity index (χ1v) is 6.54. The first kappa shape index (κ1) is 12.6. The molecule has 2 aromatic carbocycles. The van der Waals surface area contributed by atoms with Crippen LogP contribution in [0.4, 0.5) is 0 Å². The predicted molar refractivity (Wildman–Crippen MR) is 78.6 cm³/mol. The highest BCUT2D eigenvalue weighted by Crippen LogP contribution is 2.23. The topological polar surface area (TPSA) is 42.4 Å². The van der Waals surface area contributed by atoms with E-state index >= 15 is 0 Å². The molecule has 1 N–H and O–H groups in total. The normalized spacial score (nSPS) is 12.2. The SMILES string of the molecule is OC(COc1ccccc1)c1cccc2ncccc12. The van der Waals surface area contributed by atoms with Crippen molar-refractivity contribution in [2.24, 2.45) is 0 Å². The number of hydrogen-bond donors (Lipinski definition) is 1. The van der Waals surface area contributed by atoms with Gasteiger partial charge in [0.2, 0.25) is 0 Å². The highest BCUT2D eigenvalue weighted by molar-refractivity contribution is 5.82. The van der Waals surface area contributed by atoms with E-state index in [1.165, 1.54) is 0 Å². The van der Waals surface area contributed by atoms with Gasteiger partial charge in [-0.15, -0.1) is 0 Å². The minimum absolute atomic E-state index is 0.220. The molecule has 0 saturated carbocycles. The molecule has 1 aromatic heterocycles. The van der Waals surface area contributed by atoms with Gasteiger partial charge in [0.1, 0.15) is 18.5 Å². The number of benzene rings is 2. The molecule has 0 aliphatic carbocycles. The molecule has 3 nitrogen and oxygen atoms in total. The molecule has 0 aliphatic rings. The van der Waals surface area contributed by atoms with Crippen LogP contribution in [0.1, 0.15) is 11.7 Å². The van der Waals surface area contributed by atoms with Crippen LogP contribution in [-0.4, -0.2) is 16.7 Å². The summed E-state index contributed by atoms with van der Waals surface area (Å²) in [6.07, 6.45) is 1.07.